The van der Waals surface area contributed by atoms with Crippen LogP contribution in [0, 0.1) is 0 Å². The van der Waals surface area contributed by atoms with E-state index in [2.05, 4.69) is 4.99 Å². The Hall–Kier alpha value is -1.48. The molecule has 0 unspecified atom stereocenters. The molecule has 0 spiro atoms. The lowest BCUT2D eigenvalue weighted by Gasteiger charge is -2.13. The summed E-state index contributed by atoms with van der Waals surface area (Å²) in [6.07, 6.45) is 1.05. The molecule has 4 nitrogen and oxygen atoms in total. The van der Waals surface area contributed by atoms with Gasteiger partial charge in [-0.2, -0.15) is 4.99 Å². The van der Waals surface area contributed by atoms with Crippen LogP contribution in [0.15, 0.2) is 29.3 Å². The fraction of sp³-hybridized carbons (Fsp3) is 0.300. The number of hydrogen-bond donors (Lipinski definition) is 0. The van der Waals surface area contributed by atoms with Crippen molar-refractivity contribution in [2.75, 3.05) is 14.2 Å². The van der Waals surface area contributed by atoms with Gasteiger partial charge in [-0.1, -0.05) is 12.1 Å². The monoisotopic (exact) mass is 193 g/mol. The predicted molar refractivity (Wildman–Crippen MR) is 51.0 cm³/mol. The second-order valence-corrected chi connectivity index (χ2v) is 2.60. The first kappa shape index (κ1) is 10.6. The van der Waals surface area contributed by atoms with Crippen molar-refractivity contribution in [3.8, 4) is 0 Å². The van der Waals surface area contributed by atoms with E-state index < -0.39 is 6.29 Å². The van der Waals surface area contributed by atoms with Crippen molar-refractivity contribution in [3.05, 3.63) is 29.8 Å². The van der Waals surface area contributed by atoms with Crippen LogP contribution in [0.25, 0.3) is 0 Å². The normalized spacial score (nSPS) is 9.93. The first-order chi connectivity index (χ1) is 6.81. The van der Waals surface area contributed by atoms with Crippen LogP contribution >= 0.6 is 0 Å². The van der Waals surface area contributed by atoms with E-state index in [1.165, 1.54) is 6.08 Å². The fourth-order valence-electron chi connectivity index (χ4n) is 1.16. The molecule has 0 amide bonds. The number of benzene rings is 1. The molecule has 1 aromatic carbocycles. The second kappa shape index (κ2) is 5.29. The molecule has 0 bridgehead atoms. The SMILES string of the molecule is COC(OC)c1cccc(N=C=O)c1. The molecule has 14 heavy (non-hydrogen) atoms. The van der Waals surface area contributed by atoms with Gasteiger partial charge in [0.2, 0.25) is 6.08 Å². The van der Waals surface area contributed by atoms with Crippen molar-refractivity contribution in [1.29, 1.82) is 0 Å². The quantitative estimate of drug-likeness (QED) is 0.417. The maximum Gasteiger partial charge on any atom is 0.240 e. The van der Waals surface area contributed by atoms with Crippen LogP contribution in [0.1, 0.15) is 11.9 Å². The lowest BCUT2D eigenvalue weighted by molar-refractivity contribution is -0.105. The molecule has 74 valence electrons. The molecule has 4 heteroatoms. The van der Waals surface area contributed by atoms with Gasteiger partial charge in [0, 0.05) is 19.8 Å². The molecule has 0 saturated heterocycles. The number of aliphatic imine (C=N–C) groups is 1. The van der Waals surface area contributed by atoms with E-state index in [1.807, 2.05) is 6.07 Å². The fourth-order valence-corrected chi connectivity index (χ4v) is 1.16. The third-order valence-corrected chi connectivity index (χ3v) is 1.75. The van der Waals surface area contributed by atoms with Crippen molar-refractivity contribution in [3.63, 3.8) is 0 Å². The Kier molecular flexibility index (Phi) is 4.01. The number of ether oxygens (including phenoxy) is 2. The van der Waals surface area contributed by atoms with Gasteiger partial charge in [0.15, 0.2) is 6.29 Å². The van der Waals surface area contributed by atoms with Gasteiger partial charge in [-0.15, -0.1) is 0 Å². The van der Waals surface area contributed by atoms with Gasteiger partial charge < -0.3 is 9.47 Å². The number of nitrogens with zero attached hydrogens (tertiary/aromatic N) is 1. The highest BCUT2D eigenvalue weighted by Gasteiger charge is 2.08. The largest absolute Gasteiger partial charge is 0.352 e. The zero-order valence-corrected chi connectivity index (χ0v) is 8.06. The molecule has 0 aliphatic heterocycles. The van der Waals surface area contributed by atoms with E-state index in [0.29, 0.717) is 5.69 Å². The van der Waals surface area contributed by atoms with Crippen molar-refractivity contribution >= 4 is 11.8 Å². The molecule has 0 fully saturated rings. The van der Waals surface area contributed by atoms with Crippen LogP contribution in [0.3, 0.4) is 0 Å². The summed E-state index contributed by atoms with van der Waals surface area (Å²) in [5.41, 5.74) is 1.35. The summed E-state index contributed by atoms with van der Waals surface area (Å²) in [7, 11) is 3.09. The number of carbonyl (C=O) groups excluding carboxylic acids is 1. The Labute approximate surface area is 82.2 Å². The first-order valence-electron chi connectivity index (χ1n) is 4.05. The van der Waals surface area contributed by atoms with Gasteiger partial charge in [-0.3, -0.25) is 0 Å². The molecular formula is C10H11NO3. The summed E-state index contributed by atoms with van der Waals surface area (Å²) in [4.78, 5) is 13.5. The summed E-state index contributed by atoms with van der Waals surface area (Å²) in [6.45, 7) is 0. The first-order valence-corrected chi connectivity index (χ1v) is 4.05. The molecule has 0 atom stereocenters. The molecule has 0 radical (unpaired) electrons. The molecule has 0 aliphatic carbocycles. The molecule has 0 aromatic heterocycles. The van der Waals surface area contributed by atoms with Crippen LogP contribution in [-0.4, -0.2) is 20.3 Å². The highest BCUT2D eigenvalue weighted by molar-refractivity contribution is 5.49. The minimum absolute atomic E-state index is 0.434. The van der Waals surface area contributed by atoms with Crippen LogP contribution in [0.5, 0.6) is 0 Å². The summed E-state index contributed by atoms with van der Waals surface area (Å²) in [5, 5.41) is 0. The zero-order chi connectivity index (χ0) is 10.4. The van der Waals surface area contributed by atoms with Gasteiger partial charge in [0.1, 0.15) is 0 Å². The van der Waals surface area contributed by atoms with E-state index in [4.69, 9.17) is 9.47 Å². The van der Waals surface area contributed by atoms with Crippen LogP contribution in [-0.2, 0) is 14.3 Å². The Morgan fingerprint density at radius 3 is 2.64 bits per heavy atom. The lowest BCUT2D eigenvalue weighted by Crippen LogP contribution is -2.02. The number of hydrogen-bond acceptors (Lipinski definition) is 4. The van der Waals surface area contributed by atoms with Crippen molar-refractivity contribution in [1.82, 2.24) is 0 Å². The number of isocyanates is 1. The Morgan fingerprint density at radius 2 is 2.07 bits per heavy atom. The van der Waals surface area contributed by atoms with Gasteiger partial charge in [0.25, 0.3) is 0 Å². The van der Waals surface area contributed by atoms with Crippen molar-refractivity contribution in [2.45, 2.75) is 6.29 Å². The summed E-state index contributed by atoms with van der Waals surface area (Å²) >= 11 is 0. The summed E-state index contributed by atoms with van der Waals surface area (Å²) < 4.78 is 10.1. The minimum atomic E-state index is -0.434. The highest BCUT2D eigenvalue weighted by Crippen LogP contribution is 2.21. The standard InChI is InChI=1S/C10H11NO3/c1-13-10(14-2)8-4-3-5-9(6-8)11-7-12/h3-6,10H,1-2H3. The summed E-state index contributed by atoms with van der Waals surface area (Å²) in [5.74, 6) is 0. The third-order valence-electron chi connectivity index (χ3n) is 1.75. The predicted octanol–water partition coefficient (Wildman–Crippen LogP) is 1.95. The average molecular weight is 193 g/mol. The zero-order valence-electron chi connectivity index (χ0n) is 8.06. The molecule has 1 rings (SSSR count). The van der Waals surface area contributed by atoms with Crippen molar-refractivity contribution < 1.29 is 14.3 Å². The molecule has 1 aromatic rings. The highest BCUT2D eigenvalue weighted by atomic mass is 16.7. The molecule has 0 N–H and O–H groups in total. The molecule has 0 aliphatic rings. The van der Waals surface area contributed by atoms with Crippen LogP contribution in [0.2, 0.25) is 0 Å². The summed E-state index contributed by atoms with van der Waals surface area (Å²) in [6, 6.07) is 7.03. The van der Waals surface area contributed by atoms with E-state index in [-0.39, 0.29) is 0 Å². The minimum Gasteiger partial charge on any atom is -0.352 e. The third kappa shape index (κ3) is 2.50. The maximum absolute atomic E-state index is 10.0. The van der Waals surface area contributed by atoms with Gasteiger partial charge in [-0.25, -0.2) is 4.79 Å². The van der Waals surface area contributed by atoms with Gasteiger partial charge in [0.05, 0.1) is 5.69 Å². The molecular weight excluding hydrogens is 182 g/mol. The maximum atomic E-state index is 10.0. The van der Waals surface area contributed by atoms with E-state index in [1.54, 1.807) is 32.4 Å². The smallest absolute Gasteiger partial charge is 0.240 e. The number of methoxy groups -OCH3 is 2. The molecule has 0 heterocycles. The Bertz CT molecular complexity index is 341. The van der Waals surface area contributed by atoms with E-state index in [9.17, 15) is 4.79 Å². The van der Waals surface area contributed by atoms with E-state index in [0.717, 1.165) is 5.56 Å². The Balaban J connectivity index is 2.97. The Morgan fingerprint density at radius 1 is 1.36 bits per heavy atom. The average Bonchev–Trinajstić information content (AvgIpc) is 2.21. The van der Waals surface area contributed by atoms with Gasteiger partial charge in [-0.05, 0) is 12.1 Å². The number of rotatable bonds is 4. The van der Waals surface area contributed by atoms with Gasteiger partial charge >= 0.3 is 0 Å². The molecule has 0 saturated carbocycles. The van der Waals surface area contributed by atoms with E-state index >= 15 is 0 Å². The van der Waals surface area contributed by atoms with Crippen LogP contribution < -0.4 is 0 Å². The topological polar surface area (TPSA) is 47.9 Å². The lowest BCUT2D eigenvalue weighted by atomic mass is 10.2. The van der Waals surface area contributed by atoms with Crippen LogP contribution in [0.4, 0.5) is 5.69 Å². The van der Waals surface area contributed by atoms with Crippen molar-refractivity contribution in [2.24, 2.45) is 4.99 Å². The second-order valence-electron chi connectivity index (χ2n) is 2.60.